The molecular weight excluding hydrogens is 438 g/mol. The number of nitrogens with zero attached hydrogens (tertiary/aromatic N) is 1. The standard InChI is InChI=1S/C18H12BrNO4S2/c19-12-2-1-3-13(9-12)20-17(23)15(26-18(20)25)8-11-4-6-14(7-5-11)24-10-16(21)22/h1-9H,10H2,(H,21,22)/b15-8+. The zero-order valence-corrected chi connectivity index (χ0v) is 16.4. The Balaban J connectivity index is 1.78. The molecule has 1 aliphatic heterocycles. The van der Waals surface area contributed by atoms with Crippen molar-refractivity contribution in [3.63, 3.8) is 0 Å². The molecule has 2 aromatic carbocycles. The van der Waals surface area contributed by atoms with Crippen molar-refractivity contribution in [2.45, 2.75) is 0 Å². The zero-order valence-electron chi connectivity index (χ0n) is 13.2. The van der Waals surface area contributed by atoms with Gasteiger partial charge < -0.3 is 9.84 Å². The summed E-state index contributed by atoms with van der Waals surface area (Å²) in [6, 6.07) is 14.2. The number of aliphatic carboxylic acids is 1. The number of carbonyl (C=O) groups is 2. The van der Waals surface area contributed by atoms with Crippen molar-refractivity contribution in [2.24, 2.45) is 0 Å². The molecule has 8 heteroatoms. The number of rotatable bonds is 5. The average Bonchev–Trinajstić information content (AvgIpc) is 2.88. The van der Waals surface area contributed by atoms with Crippen molar-refractivity contribution in [1.29, 1.82) is 0 Å². The number of halogens is 1. The second kappa shape index (κ2) is 8.03. The van der Waals surface area contributed by atoms with E-state index in [1.54, 1.807) is 30.3 Å². The SMILES string of the molecule is O=C(O)COc1ccc(/C=C2/SC(=S)N(c3cccc(Br)c3)C2=O)cc1. The molecule has 1 N–H and O–H groups in total. The largest absolute Gasteiger partial charge is 0.482 e. The van der Waals surface area contributed by atoms with E-state index >= 15 is 0 Å². The lowest BCUT2D eigenvalue weighted by Crippen LogP contribution is -2.27. The number of carbonyl (C=O) groups excluding carboxylic acids is 1. The number of benzene rings is 2. The highest BCUT2D eigenvalue weighted by Gasteiger charge is 2.33. The van der Waals surface area contributed by atoms with Crippen LogP contribution in [0.1, 0.15) is 5.56 Å². The fourth-order valence-corrected chi connectivity index (χ4v) is 3.95. The van der Waals surface area contributed by atoms with Gasteiger partial charge in [0.05, 0.1) is 10.6 Å². The number of anilines is 1. The first-order valence-corrected chi connectivity index (χ1v) is 9.44. The van der Waals surface area contributed by atoms with Crippen LogP contribution in [0.3, 0.4) is 0 Å². The van der Waals surface area contributed by atoms with Crippen molar-refractivity contribution < 1.29 is 19.4 Å². The van der Waals surface area contributed by atoms with E-state index in [-0.39, 0.29) is 5.91 Å². The molecule has 1 saturated heterocycles. The minimum absolute atomic E-state index is 0.177. The Morgan fingerprint density at radius 3 is 2.65 bits per heavy atom. The fraction of sp³-hybridized carbons (Fsp3) is 0.0556. The van der Waals surface area contributed by atoms with Gasteiger partial charge in [0, 0.05) is 4.47 Å². The van der Waals surface area contributed by atoms with E-state index in [4.69, 9.17) is 22.1 Å². The quantitative estimate of drug-likeness (QED) is 0.541. The van der Waals surface area contributed by atoms with Crippen LogP contribution in [0.25, 0.3) is 6.08 Å². The lowest BCUT2D eigenvalue weighted by Gasteiger charge is -2.14. The first-order chi connectivity index (χ1) is 12.4. The Morgan fingerprint density at radius 1 is 1.27 bits per heavy atom. The lowest BCUT2D eigenvalue weighted by atomic mass is 10.2. The Hall–Kier alpha value is -2.16. The van der Waals surface area contributed by atoms with Gasteiger partial charge in [-0.3, -0.25) is 9.69 Å². The second-order valence-corrected chi connectivity index (χ2v) is 7.84. The van der Waals surface area contributed by atoms with E-state index in [9.17, 15) is 9.59 Å². The molecule has 1 heterocycles. The van der Waals surface area contributed by atoms with E-state index in [0.717, 1.165) is 10.0 Å². The second-order valence-electron chi connectivity index (χ2n) is 5.25. The highest BCUT2D eigenvalue weighted by atomic mass is 79.9. The topological polar surface area (TPSA) is 66.8 Å². The molecule has 2 aromatic rings. The molecule has 3 rings (SSSR count). The van der Waals surface area contributed by atoms with E-state index in [2.05, 4.69) is 15.9 Å². The van der Waals surface area contributed by atoms with Gasteiger partial charge in [-0.05, 0) is 42.0 Å². The van der Waals surface area contributed by atoms with Gasteiger partial charge in [-0.1, -0.05) is 58.1 Å². The number of thioether (sulfide) groups is 1. The van der Waals surface area contributed by atoms with Crippen LogP contribution in [0, 0.1) is 0 Å². The van der Waals surface area contributed by atoms with Crippen molar-refractivity contribution in [3.05, 3.63) is 63.5 Å². The Labute approximate surface area is 167 Å². The molecule has 0 atom stereocenters. The molecule has 0 unspecified atom stereocenters. The molecule has 0 saturated carbocycles. The van der Waals surface area contributed by atoms with Crippen LogP contribution in [0.5, 0.6) is 5.75 Å². The number of carboxylic acid groups (broad SMARTS) is 1. The zero-order chi connectivity index (χ0) is 18.7. The Kier molecular flexibility index (Phi) is 5.75. The summed E-state index contributed by atoms with van der Waals surface area (Å²) in [5.41, 5.74) is 1.50. The summed E-state index contributed by atoms with van der Waals surface area (Å²) in [6.07, 6.45) is 1.75. The third kappa shape index (κ3) is 4.32. The summed E-state index contributed by atoms with van der Waals surface area (Å²) in [5, 5.41) is 8.61. The van der Waals surface area contributed by atoms with Crippen molar-refractivity contribution in [3.8, 4) is 5.75 Å². The average molecular weight is 450 g/mol. The maximum Gasteiger partial charge on any atom is 0.341 e. The van der Waals surface area contributed by atoms with Crippen LogP contribution in [-0.2, 0) is 9.59 Å². The predicted octanol–water partition coefficient (Wildman–Crippen LogP) is 4.32. The van der Waals surface area contributed by atoms with Crippen LogP contribution in [0.4, 0.5) is 5.69 Å². The number of ether oxygens (including phenoxy) is 1. The summed E-state index contributed by atoms with van der Waals surface area (Å²) >= 11 is 9.99. The molecule has 26 heavy (non-hydrogen) atoms. The normalized spacial score (nSPS) is 15.6. The number of thiocarbonyl (C=S) groups is 1. The van der Waals surface area contributed by atoms with Gasteiger partial charge in [-0.25, -0.2) is 4.79 Å². The molecule has 0 spiro atoms. The van der Waals surface area contributed by atoms with Gasteiger partial charge in [-0.2, -0.15) is 0 Å². The molecule has 0 aromatic heterocycles. The highest BCUT2D eigenvalue weighted by molar-refractivity contribution is 9.10. The van der Waals surface area contributed by atoms with Gasteiger partial charge in [0.1, 0.15) is 5.75 Å². The molecule has 0 radical (unpaired) electrons. The number of amides is 1. The number of hydrogen-bond donors (Lipinski definition) is 1. The minimum Gasteiger partial charge on any atom is -0.482 e. The van der Waals surface area contributed by atoms with Crippen molar-refractivity contribution in [1.82, 2.24) is 0 Å². The number of carboxylic acids is 1. The summed E-state index contributed by atoms with van der Waals surface area (Å²) in [6.45, 7) is -0.398. The first-order valence-electron chi connectivity index (χ1n) is 7.42. The predicted molar refractivity (Wildman–Crippen MR) is 109 cm³/mol. The maximum absolute atomic E-state index is 12.7. The van der Waals surface area contributed by atoms with Crippen LogP contribution < -0.4 is 9.64 Å². The molecule has 0 aliphatic carbocycles. The van der Waals surface area contributed by atoms with Crippen LogP contribution in [0.2, 0.25) is 0 Å². The van der Waals surface area contributed by atoms with Crippen molar-refractivity contribution >= 4 is 67.9 Å². The van der Waals surface area contributed by atoms with Crippen molar-refractivity contribution in [2.75, 3.05) is 11.5 Å². The van der Waals surface area contributed by atoms with Crippen LogP contribution in [0.15, 0.2) is 57.9 Å². The lowest BCUT2D eigenvalue weighted by molar-refractivity contribution is -0.139. The fourth-order valence-electron chi connectivity index (χ4n) is 2.26. The summed E-state index contributed by atoms with van der Waals surface area (Å²) in [5.74, 6) is -0.763. The smallest absolute Gasteiger partial charge is 0.341 e. The third-order valence-corrected chi connectivity index (χ3v) is 5.20. The monoisotopic (exact) mass is 449 g/mol. The summed E-state index contributed by atoms with van der Waals surface area (Å²) in [4.78, 5) is 25.3. The Morgan fingerprint density at radius 2 is 2.00 bits per heavy atom. The van der Waals surface area contributed by atoms with Crippen LogP contribution in [-0.4, -0.2) is 27.9 Å². The van der Waals surface area contributed by atoms with Gasteiger partial charge in [0.2, 0.25) is 0 Å². The molecule has 1 aliphatic rings. The summed E-state index contributed by atoms with van der Waals surface area (Å²) in [7, 11) is 0. The highest BCUT2D eigenvalue weighted by Crippen LogP contribution is 2.36. The van der Waals surface area contributed by atoms with E-state index in [1.807, 2.05) is 24.3 Å². The van der Waals surface area contributed by atoms with E-state index in [0.29, 0.717) is 20.7 Å². The first kappa shape index (κ1) is 18.6. The summed E-state index contributed by atoms with van der Waals surface area (Å²) < 4.78 is 6.43. The van der Waals surface area contributed by atoms with Gasteiger partial charge >= 0.3 is 5.97 Å². The van der Waals surface area contributed by atoms with E-state index < -0.39 is 12.6 Å². The molecule has 5 nitrogen and oxygen atoms in total. The maximum atomic E-state index is 12.7. The molecular formula is C18H12BrNO4S2. The van der Waals surface area contributed by atoms with Gasteiger partial charge in [0.15, 0.2) is 10.9 Å². The third-order valence-electron chi connectivity index (χ3n) is 3.40. The van der Waals surface area contributed by atoms with E-state index in [1.165, 1.54) is 16.7 Å². The molecule has 1 amide bonds. The van der Waals surface area contributed by atoms with Gasteiger partial charge in [-0.15, -0.1) is 0 Å². The number of hydrogen-bond acceptors (Lipinski definition) is 5. The Bertz CT molecular complexity index is 912. The molecule has 132 valence electrons. The van der Waals surface area contributed by atoms with Crippen LogP contribution >= 0.6 is 39.9 Å². The molecule has 0 bridgehead atoms. The minimum atomic E-state index is -1.04. The van der Waals surface area contributed by atoms with Gasteiger partial charge in [0.25, 0.3) is 5.91 Å². The molecule has 1 fully saturated rings.